The van der Waals surface area contributed by atoms with Gasteiger partial charge in [0, 0.05) is 24.4 Å². The van der Waals surface area contributed by atoms with Gasteiger partial charge in [0.05, 0.1) is 6.61 Å². The molecule has 1 aliphatic carbocycles. The van der Waals surface area contributed by atoms with Crippen LogP contribution in [0.15, 0.2) is 12.3 Å². The van der Waals surface area contributed by atoms with Crippen LogP contribution >= 0.6 is 0 Å². The first-order valence-electron chi connectivity index (χ1n) is 11.0. The summed E-state index contributed by atoms with van der Waals surface area (Å²) in [5, 5.41) is 4.60. The number of ether oxygens (including phenoxy) is 1. The van der Waals surface area contributed by atoms with Gasteiger partial charge in [-0.2, -0.15) is 0 Å². The van der Waals surface area contributed by atoms with Gasteiger partial charge in [-0.1, -0.05) is 26.8 Å². The molecule has 1 amide bonds. The van der Waals surface area contributed by atoms with Crippen LogP contribution < -0.4 is 4.90 Å². The summed E-state index contributed by atoms with van der Waals surface area (Å²) in [6, 6.07) is -0.0991. The molecular formula is C23H37N3O3. The quantitative estimate of drug-likeness (QED) is 0.564. The molecule has 1 aromatic heterocycles. The lowest BCUT2D eigenvalue weighted by atomic mass is 9.82. The third-order valence-corrected chi connectivity index (χ3v) is 5.42. The van der Waals surface area contributed by atoms with Crippen molar-refractivity contribution in [3.05, 3.63) is 17.8 Å². The third kappa shape index (κ3) is 6.18. The number of carbonyl (C=O) groups excluding carboxylic acids is 2. The molecule has 1 heterocycles. The van der Waals surface area contributed by atoms with Crippen molar-refractivity contribution < 1.29 is 14.3 Å². The first-order valence-corrected chi connectivity index (χ1v) is 11.0. The van der Waals surface area contributed by atoms with Crippen LogP contribution in [-0.4, -0.2) is 34.3 Å². The van der Waals surface area contributed by atoms with Gasteiger partial charge in [-0.3, -0.25) is 9.69 Å². The maximum atomic E-state index is 13.4. The summed E-state index contributed by atoms with van der Waals surface area (Å²) in [4.78, 5) is 27.7. The van der Waals surface area contributed by atoms with Crippen molar-refractivity contribution in [2.24, 2.45) is 17.8 Å². The molecule has 6 heteroatoms. The molecule has 0 N–H and O–H groups in total. The number of allylic oxidation sites excluding steroid dienone is 1. The fourth-order valence-electron chi connectivity index (χ4n) is 3.74. The number of anilines is 1. The molecule has 1 fully saturated rings. The van der Waals surface area contributed by atoms with E-state index in [4.69, 9.17) is 4.74 Å². The van der Waals surface area contributed by atoms with Crippen LogP contribution in [0.4, 0.5) is 5.82 Å². The Balaban J connectivity index is 2.37. The van der Waals surface area contributed by atoms with E-state index in [9.17, 15) is 9.59 Å². The van der Waals surface area contributed by atoms with Crippen LogP contribution in [0.25, 0.3) is 6.20 Å². The molecule has 1 saturated carbocycles. The minimum atomic E-state index is -0.443. The molecule has 6 nitrogen and oxygen atoms in total. The fourth-order valence-corrected chi connectivity index (χ4v) is 3.74. The summed E-state index contributed by atoms with van der Waals surface area (Å²) in [5.41, 5.74) is 0.340. The number of amides is 1. The van der Waals surface area contributed by atoms with Crippen LogP contribution in [0.5, 0.6) is 0 Å². The van der Waals surface area contributed by atoms with Crippen LogP contribution in [0, 0.1) is 17.8 Å². The highest BCUT2D eigenvalue weighted by atomic mass is 16.5. The monoisotopic (exact) mass is 403 g/mol. The van der Waals surface area contributed by atoms with Crippen molar-refractivity contribution in [1.29, 1.82) is 0 Å². The number of hydrogen-bond donors (Lipinski definition) is 0. The molecule has 0 atom stereocenters. The molecule has 1 aromatic rings. The maximum Gasteiger partial charge on any atom is 0.343 e. The summed E-state index contributed by atoms with van der Waals surface area (Å²) < 4.78 is 6.86. The van der Waals surface area contributed by atoms with Gasteiger partial charge >= 0.3 is 5.97 Å². The van der Waals surface area contributed by atoms with E-state index in [1.807, 2.05) is 26.1 Å². The lowest BCUT2D eigenvalue weighted by Gasteiger charge is -2.32. The third-order valence-electron chi connectivity index (χ3n) is 5.42. The SMILES string of the molecule is CCOC(=O)c1cn(/C=C/CC(C)C)nc1N(C(=O)C1CCC(C)CC1)C(C)C. The van der Waals surface area contributed by atoms with Gasteiger partial charge < -0.3 is 4.74 Å². The predicted octanol–water partition coefficient (Wildman–Crippen LogP) is 5.14. The van der Waals surface area contributed by atoms with E-state index in [0.29, 0.717) is 23.2 Å². The van der Waals surface area contributed by atoms with E-state index in [-0.39, 0.29) is 24.5 Å². The number of rotatable bonds is 8. The number of nitrogens with zero attached hydrogens (tertiary/aromatic N) is 3. The van der Waals surface area contributed by atoms with Gasteiger partial charge in [-0.25, -0.2) is 9.48 Å². The number of esters is 1. The summed E-state index contributed by atoms with van der Waals surface area (Å²) in [7, 11) is 0. The molecule has 1 aliphatic rings. The van der Waals surface area contributed by atoms with Crippen molar-refractivity contribution in [3.63, 3.8) is 0 Å². The molecule has 0 saturated heterocycles. The van der Waals surface area contributed by atoms with Gasteiger partial charge in [-0.05, 0) is 64.7 Å². The Kier molecular flexibility index (Phi) is 8.47. The van der Waals surface area contributed by atoms with Crippen LogP contribution in [0.2, 0.25) is 0 Å². The zero-order valence-corrected chi connectivity index (χ0v) is 18.9. The van der Waals surface area contributed by atoms with Crippen molar-refractivity contribution in [1.82, 2.24) is 9.78 Å². The minimum absolute atomic E-state index is 0.00900. The molecule has 29 heavy (non-hydrogen) atoms. The second kappa shape index (κ2) is 10.6. The molecule has 0 aliphatic heterocycles. The summed E-state index contributed by atoms with van der Waals surface area (Å²) in [6.07, 6.45) is 10.4. The molecule has 0 radical (unpaired) electrons. The number of hydrogen-bond acceptors (Lipinski definition) is 4. The molecule has 0 unspecified atom stereocenters. The van der Waals surface area contributed by atoms with E-state index in [2.05, 4.69) is 25.9 Å². The first-order chi connectivity index (χ1) is 13.7. The number of aromatic nitrogens is 2. The highest BCUT2D eigenvalue weighted by molar-refractivity contribution is 6.02. The lowest BCUT2D eigenvalue weighted by Crippen LogP contribution is -2.43. The Hall–Kier alpha value is -2.11. The predicted molar refractivity (Wildman–Crippen MR) is 117 cm³/mol. The second-order valence-corrected chi connectivity index (χ2v) is 8.84. The smallest absolute Gasteiger partial charge is 0.343 e. The van der Waals surface area contributed by atoms with E-state index in [0.717, 1.165) is 32.1 Å². The van der Waals surface area contributed by atoms with Crippen LogP contribution in [-0.2, 0) is 9.53 Å². The minimum Gasteiger partial charge on any atom is -0.462 e. The van der Waals surface area contributed by atoms with Gasteiger partial charge in [0.25, 0.3) is 0 Å². The van der Waals surface area contributed by atoms with Crippen molar-refractivity contribution in [3.8, 4) is 0 Å². The van der Waals surface area contributed by atoms with Gasteiger partial charge in [-0.15, -0.1) is 5.10 Å². The van der Waals surface area contributed by atoms with Gasteiger partial charge in [0.1, 0.15) is 5.56 Å². The van der Waals surface area contributed by atoms with Crippen LogP contribution in [0.1, 0.15) is 84.0 Å². The Labute approximate surface area is 175 Å². The van der Waals surface area contributed by atoms with E-state index in [1.54, 1.807) is 22.7 Å². The highest BCUT2D eigenvalue weighted by Gasteiger charge is 2.34. The van der Waals surface area contributed by atoms with Gasteiger partial charge in [0.15, 0.2) is 5.82 Å². The summed E-state index contributed by atoms with van der Waals surface area (Å²) in [5.74, 6) is 1.22. The Morgan fingerprint density at radius 1 is 1.24 bits per heavy atom. The molecule has 162 valence electrons. The average molecular weight is 404 g/mol. The number of carbonyl (C=O) groups is 2. The van der Waals surface area contributed by atoms with E-state index >= 15 is 0 Å². The Bertz CT molecular complexity index is 713. The van der Waals surface area contributed by atoms with Gasteiger partial charge in [0.2, 0.25) is 5.91 Å². The molecular weight excluding hydrogens is 366 g/mol. The summed E-state index contributed by atoms with van der Waals surface area (Å²) >= 11 is 0. The average Bonchev–Trinajstić information content (AvgIpc) is 3.05. The Morgan fingerprint density at radius 2 is 1.90 bits per heavy atom. The molecule has 0 spiro atoms. The second-order valence-electron chi connectivity index (χ2n) is 8.84. The summed E-state index contributed by atoms with van der Waals surface area (Å²) in [6.45, 7) is 12.5. The highest BCUT2D eigenvalue weighted by Crippen LogP contribution is 2.32. The fraction of sp³-hybridized carbons (Fsp3) is 0.696. The Morgan fingerprint density at radius 3 is 2.45 bits per heavy atom. The standard InChI is InChI=1S/C23H37N3O3/c1-7-29-23(28)20-15-25(14-8-9-16(2)3)24-21(20)26(17(4)5)22(27)19-12-10-18(6)11-13-19/h8,14-19H,7,9-13H2,1-6H3/b14-8+. The van der Waals surface area contributed by atoms with Crippen molar-refractivity contribution in [2.45, 2.75) is 79.7 Å². The zero-order chi connectivity index (χ0) is 21.6. The lowest BCUT2D eigenvalue weighted by molar-refractivity contribution is -0.123. The topological polar surface area (TPSA) is 64.4 Å². The van der Waals surface area contributed by atoms with E-state index < -0.39 is 5.97 Å². The van der Waals surface area contributed by atoms with E-state index in [1.165, 1.54) is 0 Å². The first kappa shape index (κ1) is 23.2. The molecule has 0 aromatic carbocycles. The molecule has 0 bridgehead atoms. The largest absolute Gasteiger partial charge is 0.462 e. The molecule has 2 rings (SSSR count). The van der Waals surface area contributed by atoms with Crippen LogP contribution in [0.3, 0.4) is 0 Å². The maximum absolute atomic E-state index is 13.4. The van der Waals surface area contributed by atoms with Crippen molar-refractivity contribution in [2.75, 3.05) is 11.5 Å². The van der Waals surface area contributed by atoms with Crippen molar-refractivity contribution >= 4 is 23.9 Å². The normalized spacial score (nSPS) is 19.9. The zero-order valence-electron chi connectivity index (χ0n) is 18.9.